The fraction of sp³-hybridized carbons (Fsp3) is 0.250. The first-order valence-electron chi connectivity index (χ1n) is 4.20. The standard InChI is InChI=1S/C8H6BF6O.K/c10-8(11,12)6-3-1-2-4-7(6)16-5-9(13,14)15;/h1-4H,5H2;/q-1;+1. The number of ether oxygens (including phenoxy) is 1. The fourth-order valence-electron chi connectivity index (χ4n) is 1.01. The van der Waals surface area contributed by atoms with Crippen LogP contribution in [0.15, 0.2) is 24.3 Å². The van der Waals surface area contributed by atoms with Crippen molar-refractivity contribution in [2.24, 2.45) is 0 Å². The molecule has 0 N–H and O–H groups in total. The van der Waals surface area contributed by atoms with Crippen molar-refractivity contribution in [3.05, 3.63) is 29.8 Å². The van der Waals surface area contributed by atoms with Crippen molar-refractivity contribution >= 4 is 6.98 Å². The monoisotopic (exact) mass is 282 g/mol. The first kappa shape index (κ1) is 17.3. The quantitative estimate of drug-likeness (QED) is 0.578. The molecule has 1 aromatic carbocycles. The molecule has 0 spiro atoms. The molecule has 0 radical (unpaired) electrons. The smallest absolute Gasteiger partial charge is 0.521 e. The maximum absolute atomic E-state index is 12.3. The third-order valence-corrected chi connectivity index (χ3v) is 1.62. The molecule has 0 heterocycles. The van der Waals surface area contributed by atoms with E-state index < -0.39 is 31.0 Å². The summed E-state index contributed by atoms with van der Waals surface area (Å²) in [5.41, 5.74) is -1.21. The van der Waals surface area contributed by atoms with E-state index in [1.165, 1.54) is 6.07 Å². The molecule has 0 atom stereocenters. The molecule has 1 nitrogen and oxygen atoms in total. The molecular formula is C8H6BF6KO. The van der Waals surface area contributed by atoms with Crippen LogP contribution in [0.1, 0.15) is 5.56 Å². The molecule has 0 unspecified atom stereocenters. The number of hydrogen-bond acceptors (Lipinski definition) is 1. The van der Waals surface area contributed by atoms with Gasteiger partial charge in [-0.15, -0.1) is 0 Å². The van der Waals surface area contributed by atoms with Crippen LogP contribution in [0.3, 0.4) is 0 Å². The summed E-state index contributed by atoms with van der Waals surface area (Å²) < 4.78 is 76.5. The maximum atomic E-state index is 12.3. The molecule has 90 valence electrons. The number of benzene rings is 1. The minimum atomic E-state index is -5.27. The summed E-state index contributed by atoms with van der Waals surface area (Å²) in [6.45, 7) is -6.96. The van der Waals surface area contributed by atoms with E-state index in [0.29, 0.717) is 6.07 Å². The predicted molar refractivity (Wildman–Crippen MR) is 46.0 cm³/mol. The summed E-state index contributed by atoms with van der Waals surface area (Å²) in [5.74, 6) is -0.811. The minimum absolute atomic E-state index is 0. The predicted octanol–water partition coefficient (Wildman–Crippen LogP) is 0.475. The zero-order valence-corrected chi connectivity index (χ0v) is 11.9. The molecule has 0 aliphatic heterocycles. The van der Waals surface area contributed by atoms with Gasteiger partial charge in [-0.1, -0.05) is 12.1 Å². The normalized spacial score (nSPS) is 11.9. The van der Waals surface area contributed by atoms with Gasteiger partial charge in [0.25, 0.3) is 0 Å². The van der Waals surface area contributed by atoms with E-state index >= 15 is 0 Å². The van der Waals surface area contributed by atoms with Crippen LogP contribution in [0.4, 0.5) is 26.1 Å². The molecule has 17 heavy (non-hydrogen) atoms. The number of rotatable bonds is 3. The fourth-order valence-corrected chi connectivity index (χ4v) is 1.01. The van der Waals surface area contributed by atoms with E-state index in [4.69, 9.17) is 0 Å². The van der Waals surface area contributed by atoms with Gasteiger partial charge in [0.05, 0.1) is 12.1 Å². The Hall–Kier alpha value is 0.301. The molecule has 0 bridgehead atoms. The van der Waals surface area contributed by atoms with Gasteiger partial charge >= 0.3 is 64.5 Å². The van der Waals surface area contributed by atoms with Crippen LogP contribution >= 0.6 is 0 Å². The average Bonchev–Trinajstić information content (AvgIpc) is 2.12. The molecule has 9 heteroatoms. The van der Waals surface area contributed by atoms with Crippen LogP contribution in [0.5, 0.6) is 5.75 Å². The van der Waals surface area contributed by atoms with Crippen molar-refractivity contribution < 1.29 is 82.2 Å². The van der Waals surface area contributed by atoms with E-state index in [2.05, 4.69) is 4.74 Å². The van der Waals surface area contributed by atoms with Crippen molar-refractivity contribution in [1.82, 2.24) is 0 Å². The topological polar surface area (TPSA) is 9.23 Å². The minimum Gasteiger partial charge on any atom is -0.521 e. The van der Waals surface area contributed by atoms with Crippen LogP contribution in [-0.2, 0) is 6.18 Å². The number of halogens is 6. The van der Waals surface area contributed by atoms with Crippen LogP contribution in [-0.4, -0.2) is 13.5 Å². The molecule has 0 amide bonds. The summed E-state index contributed by atoms with van der Waals surface area (Å²) in [7, 11) is 0. The second-order valence-corrected chi connectivity index (χ2v) is 3.02. The second kappa shape index (κ2) is 6.46. The number of hydrogen-bond donors (Lipinski definition) is 0. The Balaban J connectivity index is 0.00000256. The van der Waals surface area contributed by atoms with Gasteiger partial charge in [-0.2, -0.15) is 13.2 Å². The van der Waals surface area contributed by atoms with Crippen molar-refractivity contribution in [3.8, 4) is 5.75 Å². The Bertz CT molecular complexity index is 364. The number of alkyl halides is 3. The Morgan fingerprint density at radius 3 is 2.06 bits per heavy atom. The molecular weight excluding hydrogens is 276 g/mol. The van der Waals surface area contributed by atoms with Crippen LogP contribution < -0.4 is 56.1 Å². The molecule has 0 saturated carbocycles. The van der Waals surface area contributed by atoms with Gasteiger partial charge in [0.2, 0.25) is 0 Å². The summed E-state index contributed by atoms with van der Waals surface area (Å²) in [6, 6.07) is 3.77. The average molecular weight is 282 g/mol. The van der Waals surface area contributed by atoms with Gasteiger partial charge in [0.15, 0.2) is 0 Å². The van der Waals surface area contributed by atoms with Crippen molar-refractivity contribution in [2.75, 3.05) is 6.51 Å². The van der Waals surface area contributed by atoms with E-state index in [9.17, 15) is 26.1 Å². The van der Waals surface area contributed by atoms with Gasteiger partial charge in [0, 0.05) is 0 Å². The third-order valence-electron chi connectivity index (χ3n) is 1.62. The first-order chi connectivity index (χ1) is 7.20. The van der Waals surface area contributed by atoms with Crippen molar-refractivity contribution in [2.45, 2.75) is 6.18 Å². The van der Waals surface area contributed by atoms with Crippen LogP contribution in [0.2, 0.25) is 0 Å². The van der Waals surface area contributed by atoms with Gasteiger partial charge in [-0.05, 0) is 12.1 Å². The molecule has 1 rings (SSSR count). The second-order valence-electron chi connectivity index (χ2n) is 3.02. The summed E-state index contributed by atoms with van der Waals surface area (Å²) in [6.07, 6.45) is -4.73. The largest absolute Gasteiger partial charge is 1.00 e. The van der Waals surface area contributed by atoms with Gasteiger partial charge < -0.3 is 17.7 Å². The molecule has 0 fully saturated rings. The summed E-state index contributed by atoms with van der Waals surface area (Å²) in [5, 5.41) is 0. The van der Waals surface area contributed by atoms with Crippen LogP contribution in [0, 0.1) is 0 Å². The zero-order valence-electron chi connectivity index (χ0n) is 8.77. The van der Waals surface area contributed by atoms with E-state index in [0.717, 1.165) is 12.1 Å². The molecule has 0 aliphatic carbocycles. The van der Waals surface area contributed by atoms with Gasteiger partial charge in [0.1, 0.15) is 5.75 Å². The third kappa shape index (κ3) is 6.14. The van der Waals surface area contributed by atoms with Crippen molar-refractivity contribution in [3.63, 3.8) is 0 Å². The van der Waals surface area contributed by atoms with E-state index in [1.54, 1.807) is 0 Å². The summed E-state index contributed by atoms with van der Waals surface area (Å²) in [4.78, 5) is 0. The van der Waals surface area contributed by atoms with Crippen LogP contribution in [0.25, 0.3) is 0 Å². The van der Waals surface area contributed by atoms with Crippen molar-refractivity contribution in [1.29, 1.82) is 0 Å². The Morgan fingerprint density at radius 2 is 1.59 bits per heavy atom. The molecule has 1 aromatic rings. The first-order valence-corrected chi connectivity index (χ1v) is 4.20. The number of para-hydroxylation sites is 1. The Kier molecular flexibility index (Phi) is 6.58. The van der Waals surface area contributed by atoms with Gasteiger partial charge in [-0.25, -0.2) is 0 Å². The Morgan fingerprint density at radius 1 is 1.06 bits per heavy atom. The molecule has 0 saturated heterocycles. The van der Waals surface area contributed by atoms with E-state index in [1.807, 2.05) is 0 Å². The molecule has 0 aliphatic rings. The Labute approximate surface area is 136 Å². The zero-order chi connectivity index (χ0) is 12.4. The summed E-state index contributed by atoms with van der Waals surface area (Å²) >= 11 is 0. The SMILES string of the molecule is F[B-](F)(F)COc1ccccc1C(F)(F)F.[K+]. The van der Waals surface area contributed by atoms with Gasteiger partial charge in [-0.3, -0.25) is 0 Å². The maximum Gasteiger partial charge on any atom is 1.00 e. The van der Waals surface area contributed by atoms with E-state index in [-0.39, 0.29) is 51.4 Å². The molecule has 0 aromatic heterocycles.